The first kappa shape index (κ1) is 12.5. The molecule has 2 saturated heterocycles. The lowest BCUT2D eigenvalue weighted by molar-refractivity contribution is 0.169. The van der Waals surface area contributed by atoms with Crippen molar-refractivity contribution in [3.8, 4) is 0 Å². The number of furan rings is 1. The Bertz CT molecular complexity index is 465. The minimum Gasteiger partial charge on any atom is -0.464 e. The van der Waals surface area contributed by atoms with E-state index < -0.39 is 0 Å². The Morgan fingerprint density at radius 2 is 2.05 bits per heavy atom. The molecule has 0 aromatic carbocycles. The molecule has 0 saturated carbocycles. The molecule has 19 heavy (non-hydrogen) atoms. The third kappa shape index (κ3) is 2.23. The molecule has 0 radical (unpaired) electrons. The molecule has 0 aliphatic carbocycles. The molecular weight excluding hydrogens is 242 g/mol. The monoisotopic (exact) mass is 263 g/mol. The molecule has 1 atom stereocenters. The summed E-state index contributed by atoms with van der Waals surface area (Å²) in [6.45, 7) is 4.68. The molecule has 2 amide bonds. The predicted molar refractivity (Wildman–Crippen MR) is 71.9 cm³/mol. The molecule has 1 aromatic heterocycles. The number of nitrogens with one attached hydrogen (secondary N) is 1. The molecule has 104 valence electrons. The summed E-state index contributed by atoms with van der Waals surface area (Å²) in [5, 5.41) is 3.34. The van der Waals surface area contributed by atoms with Gasteiger partial charge in [-0.25, -0.2) is 4.79 Å². The molecule has 5 nitrogen and oxygen atoms in total. The fourth-order valence-corrected chi connectivity index (χ4v) is 3.06. The van der Waals surface area contributed by atoms with Gasteiger partial charge in [0.1, 0.15) is 17.6 Å². The number of hydrogen-bond donors (Lipinski definition) is 1. The largest absolute Gasteiger partial charge is 0.464 e. The fraction of sp³-hybridized carbons (Fsp3) is 0.643. The van der Waals surface area contributed by atoms with Crippen molar-refractivity contribution in [3.05, 3.63) is 23.7 Å². The Labute approximate surface area is 113 Å². The van der Waals surface area contributed by atoms with E-state index >= 15 is 0 Å². The van der Waals surface area contributed by atoms with E-state index in [1.165, 1.54) is 0 Å². The SMILES string of the molecule is Cc1ccc(C2CN(C3CCNCC3)C(=O)N2C)o1. The highest BCUT2D eigenvalue weighted by Gasteiger charge is 2.40. The van der Waals surface area contributed by atoms with Crippen molar-refractivity contribution >= 4 is 6.03 Å². The Balaban J connectivity index is 1.77. The van der Waals surface area contributed by atoms with Gasteiger partial charge in [-0.1, -0.05) is 0 Å². The van der Waals surface area contributed by atoms with E-state index in [4.69, 9.17) is 4.42 Å². The van der Waals surface area contributed by atoms with Gasteiger partial charge in [-0.3, -0.25) is 0 Å². The number of likely N-dealkylation sites (N-methyl/N-ethyl adjacent to an activating group) is 1. The van der Waals surface area contributed by atoms with E-state index in [0.717, 1.165) is 44.0 Å². The second kappa shape index (κ2) is 4.89. The van der Waals surface area contributed by atoms with Crippen LogP contribution in [0.1, 0.15) is 30.4 Å². The van der Waals surface area contributed by atoms with Gasteiger partial charge in [0.2, 0.25) is 0 Å². The summed E-state index contributed by atoms with van der Waals surface area (Å²) >= 11 is 0. The average molecular weight is 263 g/mol. The highest BCUT2D eigenvalue weighted by Crippen LogP contribution is 2.31. The maximum absolute atomic E-state index is 12.4. The molecule has 5 heteroatoms. The van der Waals surface area contributed by atoms with Crippen molar-refractivity contribution in [2.24, 2.45) is 0 Å². The van der Waals surface area contributed by atoms with Crippen LogP contribution in [0.15, 0.2) is 16.5 Å². The van der Waals surface area contributed by atoms with E-state index in [2.05, 4.69) is 5.32 Å². The smallest absolute Gasteiger partial charge is 0.320 e. The normalized spacial score (nSPS) is 25.4. The van der Waals surface area contributed by atoms with Gasteiger partial charge in [0, 0.05) is 13.1 Å². The van der Waals surface area contributed by atoms with Crippen molar-refractivity contribution in [2.75, 3.05) is 26.7 Å². The Morgan fingerprint density at radius 3 is 2.68 bits per heavy atom. The van der Waals surface area contributed by atoms with Gasteiger partial charge >= 0.3 is 6.03 Å². The van der Waals surface area contributed by atoms with Gasteiger partial charge in [0.15, 0.2) is 0 Å². The number of aryl methyl sites for hydroxylation is 1. The second-order valence-corrected chi connectivity index (χ2v) is 5.49. The lowest BCUT2D eigenvalue weighted by Gasteiger charge is -2.30. The molecule has 3 heterocycles. The fourth-order valence-electron chi connectivity index (χ4n) is 3.06. The number of hydrogen-bond acceptors (Lipinski definition) is 3. The maximum atomic E-state index is 12.4. The van der Waals surface area contributed by atoms with E-state index in [9.17, 15) is 4.79 Å². The molecule has 0 bridgehead atoms. The van der Waals surface area contributed by atoms with Crippen LogP contribution < -0.4 is 5.32 Å². The minimum absolute atomic E-state index is 0.0519. The predicted octanol–water partition coefficient (Wildman–Crippen LogP) is 1.75. The van der Waals surface area contributed by atoms with Crippen molar-refractivity contribution in [3.63, 3.8) is 0 Å². The van der Waals surface area contributed by atoms with Crippen molar-refractivity contribution in [1.82, 2.24) is 15.1 Å². The van der Waals surface area contributed by atoms with Gasteiger partial charge < -0.3 is 19.5 Å². The number of amides is 2. The third-order valence-electron chi connectivity index (χ3n) is 4.22. The van der Waals surface area contributed by atoms with Crippen LogP contribution in [0.3, 0.4) is 0 Å². The number of carbonyl (C=O) groups excluding carboxylic acids is 1. The van der Waals surface area contributed by atoms with Crippen LogP contribution in [-0.4, -0.2) is 48.6 Å². The van der Waals surface area contributed by atoms with Crippen molar-refractivity contribution in [1.29, 1.82) is 0 Å². The zero-order chi connectivity index (χ0) is 13.4. The Kier molecular flexibility index (Phi) is 3.22. The molecule has 0 spiro atoms. The second-order valence-electron chi connectivity index (χ2n) is 5.49. The number of urea groups is 1. The first-order chi connectivity index (χ1) is 9.16. The number of carbonyl (C=O) groups is 1. The van der Waals surface area contributed by atoms with Gasteiger partial charge in [0.05, 0.1) is 6.54 Å². The zero-order valence-corrected chi connectivity index (χ0v) is 11.6. The van der Waals surface area contributed by atoms with E-state index in [0.29, 0.717) is 6.04 Å². The number of nitrogens with zero attached hydrogens (tertiary/aromatic N) is 2. The van der Waals surface area contributed by atoms with Gasteiger partial charge in [-0.2, -0.15) is 0 Å². The van der Waals surface area contributed by atoms with Crippen LogP contribution >= 0.6 is 0 Å². The Hall–Kier alpha value is -1.49. The minimum atomic E-state index is 0.0519. The molecule has 1 N–H and O–H groups in total. The topological polar surface area (TPSA) is 48.7 Å². The summed E-state index contributed by atoms with van der Waals surface area (Å²) in [5.74, 6) is 1.79. The highest BCUT2D eigenvalue weighted by atomic mass is 16.3. The summed E-state index contributed by atoms with van der Waals surface area (Å²) < 4.78 is 5.69. The highest BCUT2D eigenvalue weighted by molar-refractivity contribution is 5.77. The lowest BCUT2D eigenvalue weighted by Crippen LogP contribution is -2.44. The van der Waals surface area contributed by atoms with Gasteiger partial charge in [0.25, 0.3) is 0 Å². The number of piperidine rings is 1. The summed E-state index contributed by atoms with van der Waals surface area (Å²) in [6.07, 6.45) is 2.09. The molecular formula is C14H21N3O2. The van der Waals surface area contributed by atoms with Crippen LogP contribution in [0.5, 0.6) is 0 Å². The Morgan fingerprint density at radius 1 is 1.32 bits per heavy atom. The molecule has 2 aliphatic rings. The average Bonchev–Trinajstić information content (AvgIpc) is 2.97. The quantitative estimate of drug-likeness (QED) is 0.884. The van der Waals surface area contributed by atoms with E-state index in [-0.39, 0.29) is 12.1 Å². The van der Waals surface area contributed by atoms with Gasteiger partial charge in [-0.05, 0) is 45.0 Å². The van der Waals surface area contributed by atoms with E-state index in [1.807, 2.05) is 31.0 Å². The zero-order valence-electron chi connectivity index (χ0n) is 11.6. The van der Waals surface area contributed by atoms with Gasteiger partial charge in [-0.15, -0.1) is 0 Å². The summed E-state index contributed by atoms with van der Waals surface area (Å²) in [5.41, 5.74) is 0. The standard InChI is InChI=1S/C14H21N3O2/c1-10-3-4-13(19-10)12-9-17(14(18)16(12)2)11-5-7-15-8-6-11/h3-4,11-12,15H,5-9H2,1-2H3. The third-order valence-corrected chi connectivity index (χ3v) is 4.22. The summed E-state index contributed by atoms with van der Waals surface area (Å²) in [7, 11) is 1.87. The summed E-state index contributed by atoms with van der Waals surface area (Å²) in [6, 6.07) is 4.50. The first-order valence-corrected chi connectivity index (χ1v) is 6.97. The molecule has 3 rings (SSSR count). The molecule has 2 fully saturated rings. The van der Waals surface area contributed by atoms with Crippen LogP contribution in [0.25, 0.3) is 0 Å². The van der Waals surface area contributed by atoms with Crippen LogP contribution in [0.4, 0.5) is 4.79 Å². The van der Waals surface area contributed by atoms with Crippen molar-refractivity contribution in [2.45, 2.75) is 31.8 Å². The lowest BCUT2D eigenvalue weighted by atomic mass is 10.1. The van der Waals surface area contributed by atoms with Crippen LogP contribution in [-0.2, 0) is 0 Å². The van der Waals surface area contributed by atoms with Crippen LogP contribution in [0.2, 0.25) is 0 Å². The molecule has 2 aliphatic heterocycles. The first-order valence-electron chi connectivity index (χ1n) is 6.97. The molecule has 1 aromatic rings. The van der Waals surface area contributed by atoms with E-state index in [1.54, 1.807) is 4.90 Å². The van der Waals surface area contributed by atoms with Crippen molar-refractivity contribution < 1.29 is 9.21 Å². The maximum Gasteiger partial charge on any atom is 0.320 e. The summed E-state index contributed by atoms with van der Waals surface area (Å²) in [4.78, 5) is 16.2. The number of rotatable bonds is 2. The molecule has 1 unspecified atom stereocenters. The van der Waals surface area contributed by atoms with Crippen LogP contribution in [0, 0.1) is 6.92 Å².